The average molecular weight is 366 g/mol. The molecule has 6 nitrogen and oxygen atoms in total. The number of benzene rings is 1. The summed E-state index contributed by atoms with van der Waals surface area (Å²) in [6, 6.07) is 9.76. The number of para-hydroxylation sites is 1. The highest BCUT2D eigenvalue weighted by Gasteiger charge is 2.30. The molecule has 0 unspecified atom stereocenters. The molecule has 1 aromatic carbocycles. The molecule has 1 N–H and O–H groups in total. The number of nitrogens with zero attached hydrogens (tertiary/aromatic N) is 3. The lowest BCUT2D eigenvalue weighted by Crippen LogP contribution is -2.35. The molecule has 4 rings (SSSR count). The average Bonchev–Trinajstić information content (AvgIpc) is 3.35. The summed E-state index contributed by atoms with van der Waals surface area (Å²) >= 11 is 0. The molecule has 0 bridgehead atoms. The van der Waals surface area contributed by atoms with Crippen LogP contribution in [0.15, 0.2) is 30.3 Å². The van der Waals surface area contributed by atoms with Crippen molar-refractivity contribution >= 4 is 17.5 Å². The standard InChI is InChI=1S/C21H26N4O2/c1-24(16-11-3-2-4-12-16)21(27)18-17-13-7-8-14-25(17)19(23-18)20(26)22-15-9-5-6-10-15/h2-4,11-12,15H,5-10,13-14H2,1H3,(H,22,26). The van der Waals surface area contributed by atoms with Gasteiger partial charge in [0.15, 0.2) is 11.5 Å². The Labute approximate surface area is 159 Å². The van der Waals surface area contributed by atoms with Gasteiger partial charge in [0.2, 0.25) is 0 Å². The molecule has 0 saturated heterocycles. The second kappa shape index (κ2) is 7.55. The number of rotatable bonds is 4. The van der Waals surface area contributed by atoms with Crippen molar-refractivity contribution in [1.82, 2.24) is 14.9 Å². The van der Waals surface area contributed by atoms with Crippen LogP contribution in [0.5, 0.6) is 0 Å². The summed E-state index contributed by atoms with van der Waals surface area (Å²) in [4.78, 5) is 32.1. The van der Waals surface area contributed by atoms with Crippen molar-refractivity contribution in [3.05, 3.63) is 47.5 Å². The van der Waals surface area contributed by atoms with Crippen LogP contribution >= 0.6 is 0 Å². The molecule has 2 heterocycles. The third kappa shape index (κ3) is 3.48. The molecule has 1 aliphatic heterocycles. The Kier molecular flexibility index (Phi) is 4.97. The van der Waals surface area contributed by atoms with Gasteiger partial charge >= 0.3 is 0 Å². The third-order valence-corrected chi connectivity index (χ3v) is 5.66. The number of aromatic nitrogens is 2. The van der Waals surface area contributed by atoms with E-state index in [4.69, 9.17) is 0 Å². The lowest BCUT2D eigenvalue weighted by molar-refractivity contribution is 0.0921. The first-order valence-electron chi connectivity index (χ1n) is 9.88. The van der Waals surface area contributed by atoms with E-state index in [1.165, 1.54) is 0 Å². The molecule has 0 atom stereocenters. The van der Waals surface area contributed by atoms with Crippen molar-refractivity contribution in [1.29, 1.82) is 0 Å². The Morgan fingerprint density at radius 2 is 1.85 bits per heavy atom. The second-order valence-corrected chi connectivity index (χ2v) is 7.49. The van der Waals surface area contributed by atoms with Gasteiger partial charge < -0.3 is 14.8 Å². The van der Waals surface area contributed by atoms with E-state index in [2.05, 4.69) is 10.3 Å². The number of hydrogen-bond donors (Lipinski definition) is 1. The normalized spacial score (nSPS) is 16.8. The highest BCUT2D eigenvalue weighted by molar-refractivity contribution is 6.06. The summed E-state index contributed by atoms with van der Waals surface area (Å²) in [7, 11) is 1.75. The molecule has 2 aromatic rings. The SMILES string of the molecule is CN(C(=O)c1nc(C(=O)NC2CCCC2)n2c1CCCC2)c1ccccc1. The van der Waals surface area contributed by atoms with E-state index in [0.29, 0.717) is 11.5 Å². The van der Waals surface area contributed by atoms with Gasteiger partial charge in [0.1, 0.15) is 0 Å². The summed E-state index contributed by atoms with van der Waals surface area (Å²) in [6.45, 7) is 0.748. The van der Waals surface area contributed by atoms with Crippen LogP contribution in [0, 0.1) is 0 Å². The summed E-state index contributed by atoms with van der Waals surface area (Å²) in [5, 5.41) is 3.11. The van der Waals surface area contributed by atoms with Crippen molar-refractivity contribution in [2.75, 3.05) is 11.9 Å². The number of imidazole rings is 1. The number of carbonyl (C=O) groups is 2. The molecule has 1 aliphatic carbocycles. The minimum Gasteiger partial charge on any atom is -0.347 e. The Hall–Kier alpha value is -2.63. The van der Waals surface area contributed by atoms with Crippen LogP contribution in [0.3, 0.4) is 0 Å². The predicted molar refractivity (Wildman–Crippen MR) is 104 cm³/mol. The molecular weight excluding hydrogens is 340 g/mol. The van der Waals surface area contributed by atoms with E-state index < -0.39 is 0 Å². The fourth-order valence-electron chi connectivity index (χ4n) is 4.14. The topological polar surface area (TPSA) is 67.2 Å². The van der Waals surface area contributed by atoms with Gasteiger partial charge in [-0.15, -0.1) is 0 Å². The van der Waals surface area contributed by atoms with Crippen molar-refractivity contribution in [3.8, 4) is 0 Å². The molecule has 27 heavy (non-hydrogen) atoms. The molecule has 0 radical (unpaired) electrons. The molecule has 2 aliphatic rings. The first kappa shape index (κ1) is 17.8. The summed E-state index contributed by atoms with van der Waals surface area (Å²) in [5.41, 5.74) is 2.13. The molecular formula is C21H26N4O2. The molecule has 1 saturated carbocycles. The smallest absolute Gasteiger partial charge is 0.287 e. The maximum atomic E-state index is 13.1. The number of fused-ring (bicyclic) bond motifs is 1. The maximum absolute atomic E-state index is 13.1. The first-order valence-corrected chi connectivity index (χ1v) is 9.88. The Morgan fingerprint density at radius 1 is 1.11 bits per heavy atom. The van der Waals surface area contributed by atoms with Crippen molar-refractivity contribution in [2.45, 2.75) is 57.5 Å². The zero-order chi connectivity index (χ0) is 18.8. The molecule has 2 amide bonds. The van der Waals surface area contributed by atoms with E-state index in [-0.39, 0.29) is 17.9 Å². The van der Waals surface area contributed by atoms with E-state index >= 15 is 0 Å². The monoisotopic (exact) mass is 366 g/mol. The number of amides is 2. The van der Waals surface area contributed by atoms with Gasteiger partial charge in [-0.1, -0.05) is 31.0 Å². The Bertz CT molecular complexity index is 837. The lowest BCUT2D eigenvalue weighted by Gasteiger charge is -2.20. The summed E-state index contributed by atoms with van der Waals surface area (Å²) in [5.74, 6) is 0.0830. The Balaban J connectivity index is 1.64. The quantitative estimate of drug-likeness (QED) is 0.904. The fraction of sp³-hybridized carbons (Fsp3) is 0.476. The molecule has 1 aromatic heterocycles. The summed E-state index contributed by atoms with van der Waals surface area (Å²) in [6.07, 6.45) is 7.20. The fourth-order valence-corrected chi connectivity index (χ4v) is 4.14. The first-order chi connectivity index (χ1) is 13.1. The molecule has 6 heteroatoms. The van der Waals surface area contributed by atoms with Crippen LogP contribution < -0.4 is 10.2 Å². The summed E-state index contributed by atoms with van der Waals surface area (Å²) < 4.78 is 1.96. The zero-order valence-electron chi connectivity index (χ0n) is 15.8. The second-order valence-electron chi connectivity index (χ2n) is 7.49. The van der Waals surface area contributed by atoms with Crippen LogP contribution in [0.1, 0.15) is 65.3 Å². The third-order valence-electron chi connectivity index (χ3n) is 5.66. The van der Waals surface area contributed by atoms with Crippen molar-refractivity contribution < 1.29 is 9.59 Å². The van der Waals surface area contributed by atoms with Crippen LogP contribution in [-0.4, -0.2) is 34.5 Å². The van der Waals surface area contributed by atoms with E-state index in [9.17, 15) is 9.59 Å². The largest absolute Gasteiger partial charge is 0.347 e. The van der Waals surface area contributed by atoms with Gasteiger partial charge in [0, 0.05) is 25.3 Å². The van der Waals surface area contributed by atoms with E-state index in [0.717, 1.165) is 62.9 Å². The van der Waals surface area contributed by atoms with E-state index in [1.807, 2.05) is 34.9 Å². The highest BCUT2D eigenvalue weighted by atomic mass is 16.2. The number of nitrogens with one attached hydrogen (secondary N) is 1. The highest BCUT2D eigenvalue weighted by Crippen LogP contribution is 2.24. The predicted octanol–water partition coefficient (Wildman–Crippen LogP) is 3.17. The van der Waals surface area contributed by atoms with Gasteiger partial charge in [-0.05, 0) is 44.2 Å². The van der Waals surface area contributed by atoms with Gasteiger partial charge in [-0.3, -0.25) is 9.59 Å². The van der Waals surface area contributed by atoms with Gasteiger partial charge in [-0.25, -0.2) is 4.98 Å². The van der Waals surface area contributed by atoms with Crippen LogP contribution in [0.4, 0.5) is 5.69 Å². The van der Waals surface area contributed by atoms with Crippen LogP contribution in [0.25, 0.3) is 0 Å². The number of hydrogen-bond acceptors (Lipinski definition) is 3. The van der Waals surface area contributed by atoms with Crippen molar-refractivity contribution in [2.24, 2.45) is 0 Å². The number of anilines is 1. The number of carbonyl (C=O) groups excluding carboxylic acids is 2. The minimum absolute atomic E-state index is 0.147. The zero-order valence-corrected chi connectivity index (χ0v) is 15.8. The molecule has 1 fully saturated rings. The Morgan fingerprint density at radius 3 is 2.59 bits per heavy atom. The minimum atomic E-state index is -0.160. The van der Waals surface area contributed by atoms with Crippen molar-refractivity contribution in [3.63, 3.8) is 0 Å². The van der Waals surface area contributed by atoms with Gasteiger partial charge in [0.05, 0.1) is 5.69 Å². The van der Waals surface area contributed by atoms with Gasteiger partial charge in [-0.2, -0.15) is 0 Å². The van der Waals surface area contributed by atoms with E-state index in [1.54, 1.807) is 11.9 Å². The van der Waals surface area contributed by atoms with Gasteiger partial charge in [0.25, 0.3) is 11.8 Å². The molecule has 142 valence electrons. The maximum Gasteiger partial charge on any atom is 0.287 e. The van der Waals surface area contributed by atoms with Crippen LogP contribution in [-0.2, 0) is 13.0 Å². The lowest BCUT2D eigenvalue weighted by atomic mass is 10.1. The molecule has 0 spiro atoms. The van der Waals surface area contributed by atoms with Crippen LogP contribution in [0.2, 0.25) is 0 Å².